The highest BCUT2D eigenvalue weighted by molar-refractivity contribution is 6.01. The first kappa shape index (κ1) is 18.2. The van der Waals surface area contributed by atoms with Crippen molar-refractivity contribution in [1.29, 1.82) is 0 Å². The smallest absolute Gasteiger partial charge is 0.368 e. The van der Waals surface area contributed by atoms with E-state index in [-0.39, 0.29) is 6.03 Å². The van der Waals surface area contributed by atoms with Gasteiger partial charge in [-0.05, 0) is 24.3 Å². The summed E-state index contributed by atoms with van der Waals surface area (Å²) in [6.07, 6.45) is -2.61. The van der Waals surface area contributed by atoms with Crippen molar-refractivity contribution in [3.05, 3.63) is 60.3 Å². The predicted molar refractivity (Wildman–Crippen MR) is 103 cm³/mol. The number of hydrogen-bond acceptors (Lipinski definition) is 2. The van der Waals surface area contributed by atoms with Crippen LogP contribution in [0.15, 0.2) is 54.7 Å². The highest BCUT2D eigenvalue weighted by Gasteiger charge is 2.31. The fourth-order valence-electron chi connectivity index (χ4n) is 3.42. The van der Waals surface area contributed by atoms with E-state index in [9.17, 15) is 18.0 Å². The van der Waals surface area contributed by atoms with Crippen LogP contribution in [0.5, 0.6) is 0 Å². The molecule has 0 spiro atoms. The maximum atomic E-state index is 12.9. The number of anilines is 2. The molecule has 2 aromatic carbocycles. The summed E-state index contributed by atoms with van der Waals surface area (Å²) in [7, 11) is 0. The lowest BCUT2D eigenvalue weighted by Gasteiger charge is -2.36. The second kappa shape index (κ2) is 7.10. The van der Waals surface area contributed by atoms with Crippen molar-refractivity contribution in [2.45, 2.75) is 6.18 Å². The number of urea groups is 1. The monoisotopic (exact) mass is 388 g/mol. The van der Waals surface area contributed by atoms with Crippen molar-refractivity contribution in [2.75, 3.05) is 36.4 Å². The van der Waals surface area contributed by atoms with Gasteiger partial charge in [0.15, 0.2) is 0 Å². The Bertz CT molecular complexity index is 990. The summed E-state index contributed by atoms with van der Waals surface area (Å²) < 4.78 is 38.7. The Morgan fingerprint density at radius 2 is 1.75 bits per heavy atom. The van der Waals surface area contributed by atoms with Gasteiger partial charge in [-0.3, -0.25) is 0 Å². The number of fused-ring (bicyclic) bond motifs is 1. The Hall–Kier alpha value is -3.16. The molecule has 1 aromatic heterocycles. The van der Waals surface area contributed by atoms with Crippen LogP contribution in [0, 0.1) is 0 Å². The quantitative estimate of drug-likeness (QED) is 0.677. The number of H-pyrrole nitrogens is 1. The zero-order valence-electron chi connectivity index (χ0n) is 15.0. The van der Waals surface area contributed by atoms with Crippen LogP contribution >= 0.6 is 0 Å². The standard InChI is InChI=1S/C20H19F3N4O/c21-20(22,23)14-4-3-5-15(12-14)26-8-10-27(11-9-26)19(28)25-18-13-24-17-7-2-1-6-16(17)18/h1-7,12-13,24H,8-11H2,(H,25,28). The van der Waals surface area contributed by atoms with Crippen molar-refractivity contribution < 1.29 is 18.0 Å². The Morgan fingerprint density at radius 1 is 1.00 bits per heavy atom. The van der Waals surface area contributed by atoms with Crippen molar-refractivity contribution in [3.8, 4) is 0 Å². The van der Waals surface area contributed by atoms with E-state index in [4.69, 9.17) is 0 Å². The first-order valence-electron chi connectivity index (χ1n) is 8.96. The molecule has 1 fully saturated rings. The molecule has 0 radical (unpaired) electrons. The molecule has 3 aromatic rings. The molecule has 4 rings (SSSR count). The van der Waals surface area contributed by atoms with Gasteiger partial charge >= 0.3 is 12.2 Å². The summed E-state index contributed by atoms with van der Waals surface area (Å²) >= 11 is 0. The van der Waals surface area contributed by atoms with Crippen molar-refractivity contribution in [3.63, 3.8) is 0 Å². The van der Waals surface area contributed by atoms with Crippen LogP contribution in [-0.4, -0.2) is 42.1 Å². The summed E-state index contributed by atoms with van der Waals surface area (Å²) in [5.41, 5.74) is 1.50. The van der Waals surface area contributed by atoms with Gasteiger partial charge in [-0.2, -0.15) is 13.2 Å². The number of hydrogen-bond donors (Lipinski definition) is 2. The molecule has 1 saturated heterocycles. The molecule has 8 heteroatoms. The summed E-state index contributed by atoms with van der Waals surface area (Å²) in [5, 5.41) is 3.84. The Morgan fingerprint density at radius 3 is 2.50 bits per heavy atom. The maximum Gasteiger partial charge on any atom is 0.416 e. The third-order valence-electron chi connectivity index (χ3n) is 4.94. The average molecular weight is 388 g/mol. The van der Waals surface area contributed by atoms with Gasteiger partial charge in [0.2, 0.25) is 0 Å². The van der Waals surface area contributed by atoms with E-state index in [1.54, 1.807) is 17.2 Å². The van der Waals surface area contributed by atoms with Gasteiger partial charge < -0.3 is 20.1 Å². The molecule has 0 bridgehead atoms. The lowest BCUT2D eigenvalue weighted by Crippen LogP contribution is -2.50. The molecule has 1 aliphatic rings. The normalized spacial score (nSPS) is 15.1. The number of nitrogens with one attached hydrogen (secondary N) is 2. The van der Waals surface area contributed by atoms with Gasteiger partial charge in [0.1, 0.15) is 0 Å². The number of carbonyl (C=O) groups excluding carboxylic acids is 1. The van der Waals surface area contributed by atoms with Gasteiger partial charge in [0.05, 0.1) is 11.3 Å². The molecular weight excluding hydrogens is 369 g/mol. The van der Waals surface area contributed by atoms with E-state index in [0.29, 0.717) is 37.6 Å². The molecule has 5 nitrogen and oxygen atoms in total. The Labute approximate surface area is 159 Å². The molecule has 1 aliphatic heterocycles. The fourth-order valence-corrected chi connectivity index (χ4v) is 3.42. The minimum Gasteiger partial charge on any atom is -0.368 e. The summed E-state index contributed by atoms with van der Waals surface area (Å²) in [5.74, 6) is 0. The summed E-state index contributed by atoms with van der Waals surface area (Å²) in [6, 6.07) is 12.7. The molecule has 2 amide bonds. The number of aromatic amines is 1. The number of amides is 2. The van der Waals surface area contributed by atoms with Gasteiger partial charge in [0.25, 0.3) is 0 Å². The van der Waals surface area contributed by atoms with E-state index in [1.807, 2.05) is 29.2 Å². The second-order valence-electron chi connectivity index (χ2n) is 6.70. The largest absolute Gasteiger partial charge is 0.416 e. The van der Waals surface area contributed by atoms with E-state index in [1.165, 1.54) is 6.07 Å². The first-order valence-corrected chi connectivity index (χ1v) is 8.96. The zero-order chi connectivity index (χ0) is 19.7. The molecule has 2 N–H and O–H groups in total. The molecule has 0 unspecified atom stereocenters. The van der Waals surface area contributed by atoms with Crippen LogP contribution in [0.2, 0.25) is 0 Å². The molecule has 146 valence electrons. The van der Waals surface area contributed by atoms with Gasteiger partial charge in [-0.15, -0.1) is 0 Å². The zero-order valence-corrected chi connectivity index (χ0v) is 15.0. The van der Waals surface area contributed by atoms with Crippen molar-refractivity contribution in [2.24, 2.45) is 0 Å². The third-order valence-corrected chi connectivity index (χ3v) is 4.94. The predicted octanol–water partition coefficient (Wildman–Crippen LogP) is 4.54. The SMILES string of the molecule is O=C(Nc1c[nH]c2ccccc12)N1CCN(c2cccc(C(F)(F)F)c2)CC1. The second-order valence-corrected chi connectivity index (χ2v) is 6.70. The average Bonchev–Trinajstić information content (AvgIpc) is 3.10. The van der Waals surface area contributed by atoms with E-state index < -0.39 is 11.7 Å². The minimum atomic E-state index is -4.36. The van der Waals surface area contributed by atoms with Crippen LogP contribution < -0.4 is 10.2 Å². The fraction of sp³-hybridized carbons (Fsp3) is 0.250. The van der Waals surface area contributed by atoms with Crippen molar-refractivity contribution >= 4 is 28.3 Å². The number of halogens is 3. The molecule has 0 aliphatic carbocycles. The molecular formula is C20H19F3N4O. The molecule has 2 heterocycles. The number of alkyl halides is 3. The molecule has 0 atom stereocenters. The van der Waals surface area contributed by atoms with Crippen LogP contribution in [-0.2, 0) is 6.18 Å². The number of rotatable bonds is 2. The topological polar surface area (TPSA) is 51.4 Å². The highest BCUT2D eigenvalue weighted by Crippen LogP contribution is 2.32. The van der Waals surface area contributed by atoms with Crippen LogP contribution in [0.3, 0.4) is 0 Å². The van der Waals surface area contributed by atoms with Crippen molar-refractivity contribution in [1.82, 2.24) is 9.88 Å². The van der Waals surface area contributed by atoms with Crippen LogP contribution in [0.4, 0.5) is 29.3 Å². The van der Waals surface area contributed by atoms with Gasteiger partial charge in [-0.1, -0.05) is 24.3 Å². The van der Waals surface area contributed by atoms with Crippen LogP contribution in [0.25, 0.3) is 10.9 Å². The van der Waals surface area contributed by atoms with E-state index >= 15 is 0 Å². The first-order chi connectivity index (χ1) is 13.4. The highest BCUT2D eigenvalue weighted by atomic mass is 19.4. The molecule has 0 saturated carbocycles. The third kappa shape index (κ3) is 3.62. The van der Waals surface area contributed by atoms with Gasteiger partial charge in [-0.25, -0.2) is 4.79 Å². The number of nitrogens with zero attached hydrogens (tertiary/aromatic N) is 2. The summed E-state index contributed by atoms with van der Waals surface area (Å²) in [4.78, 5) is 19.2. The number of carbonyl (C=O) groups is 1. The number of benzene rings is 2. The number of aromatic nitrogens is 1. The van der Waals surface area contributed by atoms with Crippen LogP contribution in [0.1, 0.15) is 5.56 Å². The Balaban J connectivity index is 1.39. The number of para-hydroxylation sites is 1. The lowest BCUT2D eigenvalue weighted by molar-refractivity contribution is -0.137. The molecule has 28 heavy (non-hydrogen) atoms. The van der Waals surface area contributed by atoms with E-state index in [0.717, 1.165) is 23.0 Å². The minimum absolute atomic E-state index is 0.214. The van der Waals surface area contributed by atoms with Gasteiger partial charge in [0, 0.05) is 49.0 Å². The van der Waals surface area contributed by atoms with E-state index in [2.05, 4.69) is 10.3 Å². The lowest BCUT2D eigenvalue weighted by atomic mass is 10.1. The Kier molecular flexibility index (Phi) is 4.62. The number of piperazine rings is 1. The summed E-state index contributed by atoms with van der Waals surface area (Å²) in [6.45, 7) is 1.82. The maximum absolute atomic E-state index is 12.9.